The summed E-state index contributed by atoms with van der Waals surface area (Å²) in [6, 6.07) is 37.6. The Kier molecular flexibility index (Phi) is 14.0. The lowest BCUT2D eigenvalue weighted by molar-refractivity contribution is -0.117. The van der Waals surface area contributed by atoms with E-state index < -0.39 is 31.4 Å². The summed E-state index contributed by atoms with van der Waals surface area (Å²) in [5.74, 6) is 0.791. The molecule has 0 spiro atoms. The molecule has 1 N–H and O–H groups in total. The zero-order valence-electron chi connectivity index (χ0n) is 33.7. The number of amides is 1. The fourth-order valence-corrected chi connectivity index (χ4v) is 9.97. The third-order valence-corrected chi connectivity index (χ3v) is 13.1. The van der Waals surface area contributed by atoms with Gasteiger partial charge in [0.05, 0.1) is 25.6 Å². The number of anilines is 1. The largest absolute Gasteiger partial charge is 0.497 e. The van der Waals surface area contributed by atoms with Crippen molar-refractivity contribution in [2.24, 2.45) is 0 Å². The highest BCUT2D eigenvalue weighted by molar-refractivity contribution is 7.44. The summed E-state index contributed by atoms with van der Waals surface area (Å²) in [4.78, 5) is 26.9. The van der Waals surface area contributed by atoms with E-state index in [1.807, 2.05) is 71.3 Å². The van der Waals surface area contributed by atoms with Crippen LogP contribution in [0.1, 0.15) is 80.0 Å². The highest BCUT2D eigenvalue weighted by atomic mass is 35.5. The highest BCUT2D eigenvalue weighted by Gasteiger charge is 2.46. The molecular formula is C45H49Cl2N6O5P. The number of hydrogen-bond acceptors (Lipinski definition) is 9. The van der Waals surface area contributed by atoms with Crippen LogP contribution in [0, 0.1) is 0 Å². The van der Waals surface area contributed by atoms with Crippen LogP contribution in [0.25, 0.3) is 11.2 Å². The number of fused-ring (bicyclic) bond motifs is 1. The first kappa shape index (κ1) is 42.7. The molecule has 308 valence electrons. The van der Waals surface area contributed by atoms with E-state index in [0.29, 0.717) is 41.8 Å². The standard InChI is InChI=1S/C45H49Cl2N6O5P/c1-30(2)53(31(3)4)59(58-44(46)47)57-39-27-36(52-29-50-40-41(48-28-49-42(40)52)51-43(54)32-15-9-6-10-16-32)23-26-38(39)56-45(33-17-11-7-12-18-33,34-19-13-8-14-20-34)35-21-24-37(55-5)25-22-35/h6-22,24-25,28-31,36,38-39,44H,23,26-27H2,1-5H3,(H,48,49,51,54)/t36-,38-,39+,59?/m0/s1. The number of hydrogen-bond donors (Lipinski definition) is 1. The van der Waals surface area contributed by atoms with Gasteiger partial charge in [0.1, 0.15) is 17.7 Å². The lowest BCUT2D eigenvalue weighted by Gasteiger charge is -2.45. The minimum Gasteiger partial charge on any atom is -0.497 e. The van der Waals surface area contributed by atoms with Crippen LogP contribution in [0.15, 0.2) is 128 Å². The van der Waals surface area contributed by atoms with Gasteiger partial charge in [-0.3, -0.25) is 9.32 Å². The van der Waals surface area contributed by atoms with Crippen molar-refractivity contribution in [1.82, 2.24) is 24.2 Å². The first-order valence-electron chi connectivity index (χ1n) is 19.8. The summed E-state index contributed by atoms with van der Waals surface area (Å²) >= 11 is 12.7. The number of ether oxygens (including phenoxy) is 2. The third kappa shape index (κ3) is 9.48. The van der Waals surface area contributed by atoms with Gasteiger partial charge in [-0.05, 0) is 87.9 Å². The Labute approximate surface area is 357 Å². The number of rotatable bonds is 16. The van der Waals surface area contributed by atoms with Crippen molar-refractivity contribution >= 4 is 54.6 Å². The Morgan fingerprint density at radius 3 is 1.97 bits per heavy atom. The summed E-state index contributed by atoms with van der Waals surface area (Å²) in [6.45, 7) is 8.40. The van der Waals surface area contributed by atoms with E-state index in [2.05, 4.69) is 84.0 Å². The minimum absolute atomic E-state index is 0.0535. The van der Waals surface area contributed by atoms with E-state index in [0.717, 1.165) is 22.4 Å². The van der Waals surface area contributed by atoms with E-state index >= 15 is 0 Å². The normalized spacial score (nSPS) is 17.8. The molecule has 4 atom stereocenters. The zero-order valence-corrected chi connectivity index (χ0v) is 36.1. The molecule has 11 nitrogen and oxygen atoms in total. The molecular weight excluding hydrogens is 806 g/mol. The van der Waals surface area contributed by atoms with Crippen LogP contribution < -0.4 is 10.1 Å². The van der Waals surface area contributed by atoms with Crippen molar-refractivity contribution in [1.29, 1.82) is 0 Å². The number of methoxy groups -OCH3 is 1. The lowest BCUT2D eigenvalue weighted by Crippen LogP contribution is -2.46. The van der Waals surface area contributed by atoms with Crippen LogP contribution in [0.3, 0.4) is 0 Å². The molecule has 59 heavy (non-hydrogen) atoms. The van der Waals surface area contributed by atoms with Crippen molar-refractivity contribution in [3.63, 3.8) is 0 Å². The van der Waals surface area contributed by atoms with Gasteiger partial charge in [0.15, 0.2) is 17.0 Å². The van der Waals surface area contributed by atoms with Gasteiger partial charge < -0.3 is 23.9 Å². The summed E-state index contributed by atoms with van der Waals surface area (Å²) < 4.78 is 30.9. The summed E-state index contributed by atoms with van der Waals surface area (Å²) in [7, 11) is -0.115. The van der Waals surface area contributed by atoms with Crippen molar-refractivity contribution in [3.8, 4) is 5.75 Å². The van der Waals surface area contributed by atoms with Crippen LogP contribution in [-0.2, 0) is 19.4 Å². The SMILES string of the molecule is COc1ccc(C(O[C@H]2CC[C@H](n3cnc4c(NC(=O)c5ccccc5)ncnc43)C[C@H]2OP(OC(Cl)Cl)N(C(C)C)C(C)C)(c2ccccc2)c2ccccc2)cc1. The van der Waals surface area contributed by atoms with Crippen molar-refractivity contribution in [2.75, 3.05) is 12.4 Å². The second kappa shape index (κ2) is 19.3. The molecule has 14 heteroatoms. The highest BCUT2D eigenvalue weighted by Crippen LogP contribution is 2.53. The van der Waals surface area contributed by atoms with E-state index in [1.165, 1.54) is 6.33 Å². The summed E-state index contributed by atoms with van der Waals surface area (Å²) in [5, 5.41) is 1.81. The zero-order chi connectivity index (χ0) is 41.5. The Hall–Kier alpha value is -4.45. The predicted molar refractivity (Wildman–Crippen MR) is 234 cm³/mol. The van der Waals surface area contributed by atoms with Gasteiger partial charge in [0.25, 0.3) is 14.4 Å². The number of carbonyl (C=O) groups excluding carboxylic acids is 1. The molecule has 0 aliphatic heterocycles. The number of alkyl halides is 2. The van der Waals surface area contributed by atoms with Gasteiger partial charge in [-0.1, -0.05) is 114 Å². The number of imidazole rings is 1. The second-order valence-corrected chi connectivity index (χ2v) is 17.3. The molecule has 1 unspecified atom stereocenters. The Balaban J connectivity index is 1.31. The van der Waals surface area contributed by atoms with E-state index in [9.17, 15) is 4.79 Å². The molecule has 1 aliphatic rings. The maximum Gasteiger partial charge on any atom is 0.262 e. The van der Waals surface area contributed by atoms with Crippen molar-refractivity contribution < 1.29 is 23.3 Å². The van der Waals surface area contributed by atoms with Crippen LogP contribution in [-0.4, -0.2) is 66.5 Å². The monoisotopic (exact) mass is 854 g/mol. The molecule has 2 heterocycles. The molecule has 1 saturated carbocycles. The molecule has 0 radical (unpaired) electrons. The molecule has 0 saturated heterocycles. The topological polar surface area (TPSA) is 113 Å². The van der Waals surface area contributed by atoms with Gasteiger partial charge in [-0.15, -0.1) is 0 Å². The van der Waals surface area contributed by atoms with Gasteiger partial charge in [0, 0.05) is 23.7 Å². The predicted octanol–water partition coefficient (Wildman–Crippen LogP) is 10.7. The van der Waals surface area contributed by atoms with Gasteiger partial charge >= 0.3 is 0 Å². The van der Waals surface area contributed by atoms with E-state index in [4.69, 9.17) is 46.7 Å². The number of aromatic nitrogens is 4. The van der Waals surface area contributed by atoms with Crippen LogP contribution >= 0.6 is 31.7 Å². The van der Waals surface area contributed by atoms with E-state index in [1.54, 1.807) is 25.6 Å². The van der Waals surface area contributed by atoms with Gasteiger partial charge in [-0.2, -0.15) is 0 Å². The number of halogens is 2. The number of nitrogens with one attached hydrogen (secondary N) is 1. The molecule has 6 aromatic rings. The van der Waals surface area contributed by atoms with Crippen LogP contribution in [0.2, 0.25) is 0 Å². The Bertz CT molecular complexity index is 2220. The number of benzene rings is 4. The Morgan fingerprint density at radius 1 is 0.797 bits per heavy atom. The molecule has 1 fully saturated rings. The summed E-state index contributed by atoms with van der Waals surface area (Å²) in [5.41, 5.74) is 3.42. The first-order valence-corrected chi connectivity index (χ1v) is 21.8. The average Bonchev–Trinajstić information content (AvgIpc) is 3.69. The molecule has 7 rings (SSSR count). The Morgan fingerprint density at radius 2 is 1.39 bits per heavy atom. The quantitative estimate of drug-likeness (QED) is 0.0577. The van der Waals surface area contributed by atoms with Gasteiger partial charge in [0.2, 0.25) is 5.02 Å². The third-order valence-electron chi connectivity index (χ3n) is 10.6. The van der Waals surface area contributed by atoms with Crippen molar-refractivity contribution in [3.05, 3.63) is 150 Å². The first-order chi connectivity index (χ1) is 28.6. The molecule has 1 aliphatic carbocycles. The van der Waals surface area contributed by atoms with Crippen LogP contribution in [0.5, 0.6) is 5.75 Å². The number of carbonyl (C=O) groups is 1. The number of nitrogens with zero attached hydrogens (tertiary/aromatic N) is 5. The lowest BCUT2D eigenvalue weighted by atomic mass is 9.79. The summed E-state index contributed by atoms with van der Waals surface area (Å²) in [6.07, 6.45) is 4.06. The van der Waals surface area contributed by atoms with Gasteiger partial charge in [-0.25, -0.2) is 19.6 Å². The fourth-order valence-electron chi connectivity index (χ4n) is 7.95. The second-order valence-electron chi connectivity index (χ2n) is 14.9. The molecule has 1 amide bonds. The molecule has 0 bridgehead atoms. The molecule has 4 aromatic carbocycles. The average molecular weight is 856 g/mol. The maximum absolute atomic E-state index is 13.2. The van der Waals surface area contributed by atoms with E-state index in [-0.39, 0.29) is 24.0 Å². The fraction of sp³-hybridized carbons (Fsp3) is 0.333. The van der Waals surface area contributed by atoms with Crippen LogP contribution in [0.4, 0.5) is 5.82 Å². The molecule has 2 aromatic heterocycles. The minimum atomic E-state index is -1.78. The van der Waals surface area contributed by atoms with Crippen molar-refractivity contribution in [2.45, 2.75) is 87.9 Å². The maximum atomic E-state index is 13.2. The smallest absolute Gasteiger partial charge is 0.262 e.